The Hall–Kier alpha value is -0.120. The lowest BCUT2D eigenvalue weighted by Crippen LogP contribution is -2.27. The van der Waals surface area contributed by atoms with Crippen molar-refractivity contribution >= 4 is 0 Å². The molecule has 0 aliphatic carbocycles. The van der Waals surface area contributed by atoms with Crippen molar-refractivity contribution in [1.82, 2.24) is 0 Å². The van der Waals surface area contributed by atoms with Gasteiger partial charge in [-0.1, -0.05) is 13.3 Å². The summed E-state index contributed by atoms with van der Waals surface area (Å²) >= 11 is 0. The van der Waals surface area contributed by atoms with E-state index < -0.39 is 5.79 Å². The molecule has 0 aromatic carbocycles. The summed E-state index contributed by atoms with van der Waals surface area (Å²) in [5, 5.41) is 8.76. The standard InChI is InChI=1S/C8H16O3/c1-3-4-8(2)10-6-7(5-9)11-8/h7,9H,3-6H2,1-2H3/t7-,8+/m0/s1. The molecule has 1 N–H and O–H groups in total. The zero-order chi connectivity index (χ0) is 8.32. The van der Waals surface area contributed by atoms with E-state index in [4.69, 9.17) is 14.6 Å². The quantitative estimate of drug-likeness (QED) is 0.667. The molecule has 0 aromatic rings. The van der Waals surface area contributed by atoms with E-state index in [9.17, 15) is 0 Å². The third kappa shape index (κ3) is 2.15. The molecule has 0 spiro atoms. The van der Waals surface area contributed by atoms with Crippen molar-refractivity contribution in [2.24, 2.45) is 0 Å². The second-order valence-electron chi connectivity index (χ2n) is 3.12. The molecule has 0 bridgehead atoms. The summed E-state index contributed by atoms with van der Waals surface area (Å²) in [6.07, 6.45) is 1.81. The predicted octanol–water partition coefficient (Wildman–Crippen LogP) is 0.910. The third-order valence-corrected chi connectivity index (χ3v) is 1.90. The van der Waals surface area contributed by atoms with Crippen molar-refractivity contribution in [2.75, 3.05) is 13.2 Å². The summed E-state index contributed by atoms with van der Waals surface area (Å²) < 4.78 is 10.9. The number of hydrogen-bond donors (Lipinski definition) is 1. The van der Waals surface area contributed by atoms with Crippen LogP contribution in [0.2, 0.25) is 0 Å². The summed E-state index contributed by atoms with van der Waals surface area (Å²) in [6, 6.07) is 0. The van der Waals surface area contributed by atoms with Crippen LogP contribution in [0.5, 0.6) is 0 Å². The van der Waals surface area contributed by atoms with E-state index in [2.05, 4.69) is 6.92 Å². The van der Waals surface area contributed by atoms with E-state index in [0.29, 0.717) is 6.61 Å². The van der Waals surface area contributed by atoms with Gasteiger partial charge < -0.3 is 14.6 Å². The van der Waals surface area contributed by atoms with Gasteiger partial charge in [-0.3, -0.25) is 0 Å². The Kier molecular flexibility index (Phi) is 2.87. The van der Waals surface area contributed by atoms with Crippen LogP contribution in [0.3, 0.4) is 0 Å². The van der Waals surface area contributed by atoms with E-state index in [1.54, 1.807) is 0 Å². The number of aliphatic hydroxyl groups excluding tert-OH is 1. The van der Waals surface area contributed by atoms with E-state index in [1.807, 2.05) is 6.92 Å². The molecule has 1 rings (SSSR count). The van der Waals surface area contributed by atoms with Crippen molar-refractivity contribution in [1.29, 1.82) is 0 Å². The maximum Gasteiger partial charge on any atom is 0.166 e. The van der Waals surface area contributed by atoms with E-state index in [0.717, 1.165) is 12.8 Å². The van der Waals surface area contributed by atoms with Gasteiger partial charge in [-0.05, 0) is 6.92 Å². The van der Waals surface area contributed by atoms with Crippen LogP contribution in [0.1, 0.15) is 26.7 Å². The molecule has 1 saturated heterocycles. The van der Waals surface area contributed by atoms with Gasteiger partial charge in [-0.2, -0.15) is 0 Å². The van der Waals surface area contributed by atoms with Crippen molar-refractivity contribution in [3.8, 4) is 0 Å². The van der Waals surface area contributed by atoms with Crippen molar-refractivity contribution in [3.63, 3.8) is 0 Å². The van der Waals surface area contributed by atoms with Gasteiger partial charge in [0.15, 0.2) is 5.79 Å². The van der Waals surface area contributed by atoms with Crippen LogP contribution in [-0.4, -0.2) is 30.2 Å². The van der Waals surface area contributed by atoms with Gasteiger partial charge in [0.2, 0.25) is 0 Å². The first-order valence-electron chi connectivity index (χ1n) is 4.13. The fraction of sp³-hybridized carbons (Fsp3) is 1.00. The molecule has 1 heterocycles. The largest absolute Gasteiger partial charge is 0.394 e. The first-order chi connectivity index (χ1) is 5.20. The Bertz CT molecular complexity index is 127. The highest BCUT2D eigenvalue weighted by molar-refractivity contribution is 4.73. The van der Waals surface area contributed by atoms with Crippen LogP contribution in [0.25, 0.3) is 0 Å². The first-order valence-corrected chi connectivity index (χ1v) is 4.13. The maximum atomic E-state index is 8.76. The molecule has 0 aromatic heterocycles. The van der Waals surface area contributed by atoms with Gasteiger partial charge in [0.05, 0.1) is 13.2 Å². The Morgan fingerprint density at radius 2 is 2.36 bits per heavy atom. The molecule has 1 fully saturated rings. The second kappa shape index (κ2) is 3.52. The van der Waals surface area contributed by atoms with E-state index in [-0.39, 0.29) is 12.7 Å². The molecule has 66 valence electrons. The highest BCUT2D eigenvalue weighted by Crippen LogP contribution is 2.27. The van der Waals surface area contributed by atoms with Crippen LogP contribution in [-0.2, 0) is 9.47 Å². The highest BCUT2D eigenvalue weighted by atomic mass is 16.7. The summed E-state index contributed by atoms with van der Waals surface area (Å²) in [4.78, 5) is 0. The van der Waals surface area contributed by atoms with Crippen LogP contribution < -0.4 is 0 Å². The van der Waals surface area contributed by atoms with E-state index in [1.165, 1.54) is 0 Å². The second-order valence-corrected chi connectivity index (χ2v) is 3.12. The van der Waals surface area contributed by atoms with Gasteiger partial charge in [0.1, 0.15) is 6.10 Å². The summed E-state index contributed by atoms with van der Waals surface area (Å²) in [7, 11) is 0. The maximum absolute atomic E-state index is 8.76. The first kappa shape index (κ1) is 8.97. The molecule has 11 heavy (non-hydrogen) atoms. The van der Waals surface area contributed by atoms with Gasteiger partial charge in [-0.15, -0.1) is 0 Å². The Morgan fingerprint density at radius 1 is 1.64 bits per heavy atom. The van der Waals surface area contributed by atoms with Gasteiger partial charge in [0.25, 0.3) is 0 Å². The van der Waals surface area contributed by atoms with Crippen molar-refractivity contribution < 1.29 is 14.6 Å². The zero-order valence-electron chi connectivity index (χ0n) is 7.17. The summed E-state index contributed by atoms with van der Waals surface area (Å²) in [5.74, 6) is -0.442. The molecule has 0 unspecified atom stereocenters. The summed E-state index contributed by atoms with van der Waals surface area (Å²) in [6.45, 7) is 4.59. The molecule has 0 radical (unpaired) electrons. The van der Waals surface area contributed by atoms with Crippen LogP contribution in [0, 0.1) is 0 Å². The minimum absolute atomic E-state index is 0.0549. The number of ether oxygens (including phenoxy) is 2. The zero-order valence-corrected chi connectivity index (χ0v) is 7.17. The Morgan fingerprint density at radius 3 is 2.82 bits per heavy atom. The van der Waals surface area contributed by atoms with E-state index >= 15 is 0 Å². The van der Waals surface area contributed by atoms with Gasteiger partial charge in [-0.25, -0.2) is 0 Å². The molecule has 0 amide bonds. The lowest BCUT2D eigenvalue weighted by Gasteiger charge is -2.21. The van der Waals surface area contributed by atoms with Crippen molar-refractivity contribution in [2.45, 2.75) is 38.6 Å². The molecule has 3 nitrogen and oxygen atoms in total. The van der Waals surface area contributed by atoms with Crippen LogP contribution in [0.15, 0.2) is 0 Å². The molecule has 1 aliphatic rings. The lowest BCUT2D eigenvalue weighted by atomic mass is 10.2. The highest BCUT2D eigenvalue weighted by Gasteiger charge is 2.35. The molecular weight excluding hydrogens is 144 g/mol. The lowest BCUT2D eigenvalue weighted by molar-refractivity contribution is -0.161. The fourth-order valence-electron chi connectivity index (χ4n) is 1.37. The van der Waals surface area contributed by atoms with Gasteiger partial charge in [0, 0.05) is 6.42 Å². The molecule has 1 aliphatic heterocycles. The normalized spacial score (nSPS) is 37.9. The fourth-order valence-corrected chi connectivity index (χ4v) is 1.37. The Balaban J connectivity index is 2.37. The number of hydrogen-bond acceptors (Lipinski definition) is 3. The minimum Gasteiger partial charge on any atom is -0.394 e. The smallest absolute Gasteiger partial charge is 0.166 e. The molecule has 0 saturated carbocycles. The summed E-state index contributed by atoms with van der Waals surface area (Å²) in [5.41, 5.74) is 0. The minimum atomic E-state index is -0.442. The third-order valence-electron chi connectivity index (χ3n) is 1.90. The SMILES string of the molecule is CCC[C@]1(C)OC[C@H](CO)O1. The average Bonchev–Trinajstić information content (AvgIpc) is 2.33. The average molecular weight is 160 g/mol. The van der Waals surface area contributed by atoms with Crippen LogP contribution >= 0.6 is 0 Å². The Labute approximate surface area is 67.3 Å². The predicted molar refractivity (Wildman–Crippen MR) is 41.2 cm³/mol. The monoisotopic (exact) mass is 160 g/mol. The van der Waals surface area contributed by atoms with Gasteiger partial charge >= 0.3 is 0 Å². The molecular formula is C8H16O3. The molecule has 3 heteroatoms. The van der Waals surface area contributed by atoms with Crippen molar-refractivity contribution in [3.05, 3.63) is 0 Å². The topological polar surface area (TPSA) is 38.7 Å². The van der Waals surface area contributed by atoms with Crippen LogP contribution in [0.4, 0.5) is 0 Å². The number of aliphatic hydroxyl groups is 1. The molecule has 2 atom stereocenters. The number of rotatable bonds is 3.